The minimum atomic E-state index is -6.76. The molecule has 0 aliphatic carbocycles. The van der Waals surface area contributed by atoms with E-state index in [0.717, 1.165) is 0 Å². The Kier molecular flexibility index (Phi) is 10.2. The third kappa shape index (κ3) is 7.84. The second-order valence-corrected chi connectivity index (χ2v) is 6.05. The Labute approximate surface area is 149 Å². The van der Waals surface area contributed by atoms with Gasteiger partial charge in [0.25, 0.3) is 0 Å². The van der Waals surface area contributed by atoms with Crippen LogP contribution in [-0.2, 0) is 10.1 Å². The van der Waals surface area contributed by atoms with Crippen molar-refractivity contribution in [3.05, 3.63) is 0 Å². The van der Waals surface area contributed by atoms with Crippen molar-refractivity contribution in [2.75, 3.05) is 0 Å². The molecule has 0 rings (SSSR count). The fraction of sp³-hybridized carbons (Fsp3) is 1.00. The van der Waals surface area contributed by atoms with Crippen LogP contribution in [0.25, 0.3) is 0 Å². The van der Waals surface area contributed by atoms with Crippen LogP contribution in [0.2, 0.25) is 0 Å². The van der Waals surface area contributed by atoms with Crippen molar-refractivity contribution in [3.63, 3.8) is 0 Å². The summed E-state index contributed by atoms with van der Waals surface area (Å²) in [6.45, 7) is 0. The average Bonchev–Trinajstić information content (AvgIpc) is 2.30. The number of halogens is 8. The summed E-state index contributed by atoms with van der Waals surface area (Å²) in [6, 6.07) is 0. The molecule has 0 spiro atoms. The van der Waals surface area contributed by atoms with Crippen LogP contribution in [0.4, 0.5) is 35.1 Å². The van der Waals surface area contributed by atoms with Gasteiger partial charge in [0, 0.05) is 6.42 Å². The number of alkyl halides is 8. The summed E-state index contributed by atoms with van der Waals surface area (Å²) in [5.74, 6) is -5.71. The molecule has 0 radical (unpaired) electrons. The van der Waals surface area contributed by atoms with Gasteiger partial charge >= 0.3 is 46.9 Å². The molecule has 3 nitrogen and oxygen atoms in total. The van der Waals surface area contributed by atoms with E-state index in [9.17, 15) is 48.1 Å². The van der Waals surface area contributed by atoms with Gasteiger partial charge in [-0.15, -0.1) is 0 Å². The molecule has 0 fully saturated rings. The van der Waals surface area contributed by atoms with E-state index in [1.165, 1.54) is 0 Å². The minimum Gasteiger partial charge on any atom is -0.743 e. The molecule has 0 N–H and O–H groups in total. The van der Waals surface area contributed by atoms with Gasteiger partial charge in [-0.3, -0.25) is 0 Å². The Morgan fingerprint density at radius 2 is 1.30 bits per heavy atom. The van der Waals surface area contributed by atoms with E-state index in [0.29, 0.717) is 0 Å². The summed E-state index contributed by atoms with van der Waals surface area (Å²) >= 11 is 0. The first-order valence-corrected chi connectivity index (χ1v) is 7.45. The second-order valence-electron chi connectivity index (χ2n) is 4.63. The maximum atomic E-state index is 13.1. The van der Waals surface area contributed by atoms with E-state index < -0.39 is 52.9 Å². The largest absolute Gasteiger partial charge is 1.00 e. The smallest absolute Gasteiger partial charge is 0.743 e. The van der Waals surface area contributed by atoms with Gasteiger partial charge in [0.15, 0.2) is 16.3 Å². The van der Waals surface area contributed by atoms with Crippen LogP contribution in [-0.4, -0.2) is 36.5 Å². The van der Waals surface area contributed by atoms with Gasteiger partial charge < -0.3 is 4.55 Å². The predicted molar refractivity (Wildman–Crippen MR) is 58.2 cm³/mol. The molecular formula is C10H13F8NaO3S. The standard InChI is InChI=1S/C10H14F8O3S.Na/c11-7(5-3-1-2-4-6-8(12,13)14)9(15,16)10(17,18)22(19,20)21;/h7H,1-6H2,(H,19,20,21);/q;+1/p-1. The van der Waals surface area contributed by atoms with Gasteiger partial charge in [-0.25, -0.2) is 12.8 Å². The maximum absolute atomic E-state index is 13.1. The van der Waals surface area contributed by atoms with Gasteiger partial charge in [0.1, 0.15) is 0 Å². The molecule has 0 aromatic heterocycles. The van der Waals surface area contributed by atoms with Crippen molar-refractivity contribution in [2.24, 2.45) is 0 Å². The van der Waals surface area contributed by atoms with Crippen LogP contribution in [0.15, 0.2) is 0 Å². The number of rotatable bonds is 9. The fourth-order valence-electron chi connectivity index (χ4n) is 1.53. The summed E-state index contributed by atoms with van der Waals surface area (Å²) in [7, 11) is -6.76. The third-order valence-corrected chi connectivity index (χ3v) is 3.66. The first-order chi connectivity index (χ1) is 9.63. The zero-order chi connectivity index (χ0) is 17.8. The van der Waals surface area contributed by atoms with Gasteiger partial charge in [-0.05, 0) is 12.8 Å². The van der Waals surface area contributed by atoms with Crippen molar-refractivity contribution in [1.82, 2.24) is 0 Å². The normalized spacial score (nSPS) is 15.2. The molecule has 23 heavy (non-hydrogen) atoms. The molecule has 0 aromatic rings. The molecule has 1 atom stereocenters. The Bertz CT molecular complexity index is 452. The van der Waals surface area contributed by atoms with E-state index in [-0.39, 0.29) is 48.8 Å². The van der Waals surface area contributed by atoms with Crippen molar-refractivity contribution < 1.29 is 77.7 Å². The predicted octanol–water partition coefficient (Wildman–Crippen LogP) is 1.00. The zero-order valence-corrected chi connectivity index (χ0v) is 14.8. The van der Waals surface area contributed by atoms with Gasteiger partial charge in [-0.1, -0.05) is 19.3 Å². The molecule has 0 aliphatic heterocycles. The third-order valence-electron chi connectivity index (χ3n) is 2.76. The summed E-state index contributed by atoms with van der Waals surface area (Å²) in [6.07, 6.45) is -11.3. The molecule has 0 bridgehead atoms. The van der Waals surface area contributed by atoms with Crippen LogP contribution in [0.3, 0.4) is 0 Å². The Morgan fingerprint density at radius 1 is 0.870 bits per heavy atom. The molecule has 13 heteroatoms. The number of hydrogen-bond donors (Lipinski definition) is 0. The van der Waals surface area contributed by atoms with E-state index in [4.69, 9.17) is 0 Å². The minimum absolute atomic E-state index is 0. The van der Waals surface area contributed by atoms with Gasteiger partial charge in [0.05, 0.1) is 0 Å². The maximum Gasteiger partial charge on any atom is 1.00 e. The van der Waals surface area contributed by atoms with Crippen molar-refractivity contribution in [3.8, 4) is 0 Å². The van der Waals surface area contributed by atoms with Crippen LogP contribution in [0.1, 0.15) is 38.5 Å². The number of hydrogen-bond acceptors (Lipinski definition) is 3. The average molecular weight is 388 g/mol. The van der Waals surface area contributed by atoms with Crippen LogP contribution < -0.4 is 29.6 Å². The summed E-state index contributed by atoms with van der Waals surface area (Å²) in [5.41, 5.74) is 0. The van der Waals surface area contributed by atoms with Crippen LogP contribution in [0, 0.1) is 0 Å². The van der Waals surface area contributed by atoms with Gasteiger partial charge in [0.2, 0.25) is 0 Å². The van der Waals surface area contributed by atoms with E-state index >= 15 is 0 Å². The van der Waals surface area contributed by atoms with Crippen molar-refractivity contribution >= 4 is 10.1 Å². The first-order valence-electron chi connectivity index (χ1n) is 6.05. The molecule has 0 saturated heterocycles. The molecule has 0 aromatic carbocycles. The summed E-state index contributed by atoms with van der Waals surface area (Å²) < 4.78 is 130. The molecular weight excluding hydrogens is 375 g/mol. The Balaban J connectivity index is 0. The van der Waals surface area contributed by atoms with Crippen LogP contribution >= 0.6 is 0 Å². The van der Waals surface area contributed by atoms with Crippen molar-refractivity contribution in [1.29, 1.82) is 0 Å². The van der Waals surface area contributed by atoms with E-state index in [1.807, 2.05) is 0 Å². The van der Waals surface area contributed by atoms with E-state index in [1.54, 1.807) is 0 Å². The molecule has 1 unspecified atom stereocenters. The summed E-state index contributed by atoms with van der Waals surface area (Å²) in [4.78, 5) is 0. The molecule has 0 saturated carbocycles. The van der Waals surface area contributed by atoms with Crippen LogP contribution in [0.5, 0.6) is 0 Å². The molecule has 0 heterocycles. The number of unbranched alkanes of at least 4 members (excludes halogenated alkanes) is 3. The summed E-state index contributed by atoms with van der Waals surface area (Å²) in [5, 5.41) is -6.10. The molecule has 134 valence electrons. The van der Waals surface area contributed by atoms with E-state index in [2.05, 4.69) is 0 Å². The Hall–Kier alpha value is 0.350. The van der Waals surface area contributed by atoms with Crippen molar-refractivity contribution in [2.45, 2.75) is 62.0 Å². The quantitative estimate of drug-likeness (QED) is 0.256. The monoisotopic (exact) mass is 388 g/mol. The topological polar surface area (TPSA) is 57.2 Å². The Morgan fingerprint density at radius 3 is 1.70 bits per heavy atom. The SMILES string of the molecule is O=S(=O)([O-])C(F)(F)C(F)(F)C(F)CCCCCCC(F)(F)F.[Na+]. The second kappa shape index (κ2) is 9.16. The molecule has 0 amide bonds. The molecule has 0 aliphatic rings. The zero-order valence-electron chi connectivity index (χ0n) is 12.0. The fourth-order valence-corrected chi connectivity index (χ4v) is 1.99. The first kappa shape index (κ1) is 25.6. The van der Waals surface area contributed by atoms with Gasteiger partial charge in [-0.2, -0.15) is 30.7 Å².